The lowest BCUT2D eigenvalue weighted by molar-refractivity contribution is -0.144. The van der Waals surface area contributed by atoms with E-state index in [2.05, 4.69) is 10.2 Å². The van der Waals surface area contributed by atoms with Crippen molar-refractivity contribution in [3.8, 4) is 11.5 Å². The van der Waals surface area contributed by atoms with E-state index >= 15 is 0 Å². The molecule has 2 aromatic rings. The molecule has 0 aromatic heterocycles. The molecule has 0 saturated carbocycles. The molecule has 1 fully saturated rings. The number of nitrogens with zero attached hydrogens (tertiary/aromatic N) is 1. The van der Waals surface area contributed by atoms with E-state index in [0.717, 1.165) is 18.7 Å². The molecule has 0 radical (unpaired) electrons. The fraction of sp³-hybridized carbons (Fsp3) is 0.438. The number of fused-ring (bicyclic) bond motifs is 1. The van der Waals surface area contributed by atoms with Crippen LogP contribution in [0.2, 0.25) is 0 Å². The Bertz CT molecular complexity index is 1410. The molecule has 236 valence electrons. The predicted octanol–water partition coefficient (Wildman–Crippen LogP) is 4.22. The maximum absolute atomic E-state index is 13.0. The molecule has 2 heterocycles. The van der Waals surface area contributed by atoms with Crippen molar-refractivity contribution < 1.29 is 47.6 Å². The topological polar surface area (TPSA) is 139 Å². The van der Waals surface area contributed by atoms with Gasteiger partial charge in [0.25, 0.3) is 0 Å². The van der Waals surface area contributed by atoms with Gasteiger partial charge < -0.3 is 28.4 Å². The molecule has 2 aliphatic rings. The van der Waals surface area contributed by atoms with Crippen LogP contribution in [0.3, 0.4) is 0 Å². The fourth-order valence-electron chi connectivity index (χ4n) is 5.03. The van der Waals surface area contributed by atoms with Crippen molar-refractivity contribution in [2.45, 2.75) is 39.7 Å². The van der Waals surface area contributed by atoms with Gasteiger partial charge in [0.05, 0.1) is 33.0 Å². The summed E-state index contributed by atoms with van der Waals surface area (Å²) in [4.78, 5) is 52.0. The van der Waals surface area contributed by atoms with Crippen LogP contribution in [0, 0.1) is 6.92 Å². The smallest absolute Gasteiger partial charge is 0.417 e. The number of methoxy groups -OCH3 is 2. The number of hydrogen-bond donors (Lipinski definition) is 1. The number of benzene rings is 2. The summed E-state index contributed by atoms with van der Waals surface area (Å²) < 4.78 is 32.2. The number of amides is 1. The number of rotatable bonds is 12. The summed E-state index contributed by atoms with van der Waals surface area (Å²) in [6.07, 6.45) is 2.02. The van der Waals surface area contributed by atoms with Crippen LogP contribution in [-0.4, -0.2) is 82.6 Å². The molecule has 4 rings (SSSR count). The molecule has 1 saturated heterocycles. The third-order valence-corrected chi connectivity index (χ3v) is 7.53. The largest absolute Gasteiger partial charge is 0.496 e. The first-order valence-electron chi connectivity index (χ1n) is 14.4. The Morgan fingerprint density at radius 2 is 1.77 bits per heavy atom. The number of hydrogen-bond acceptors (Lipinski definition) is 11. The zero-order valence-electron chi connectivity index (χ0n) is 25.5. The molecular formula is C32H38N2O10. The number of morpholine rings is 1. The van der Waals surface area contributed by atoms with Crippen LogP contribution in [0.1, 0.15) is 57.2 Å². The van der Waals surface area contributed by atoms with Gasteiger partial charge in [0.2, 0.25) is 0 Å². The van der Waals surface area contributed by atoms with Gasteiger partial charge in [-0.05, 0) is 56.5 Å². The molecule has 0 atom stereocenters. The Hall–Kier alpha value is -4.42. The highest BCUT2D eigenvalue weighted by Crippen LogP contribution is 2.43. The third-order valence-electron chi connectivity index (χ3n) is 7.53. The molecule has 1 N–H and O–H groups in total. The van der Waals surface area contributed by atoms with Crippen LogP contribution in [0.4, 0.5) is 10.5 Å². The van der Waals surface area contributed by atoms with Gasteiger partial charge in [-0.1, -0.05) is 11.6 Å². The molecule has 44 heavy (non-hydrogen) atoms. The summed E-state index contributed by atoms with van der Waals surface area (Å²) in [6.45, 7) is 7.81. The van der Waals surface area contributed by atoms with E-state index in [1.54, 1.807) is 0 Å². The van der Waals surface area contributed by atoms with Crippen LogP contribution in [0.15, 0.2) is 35.9 Å². The van der Waals surface area contributed by atoms with E-state index < -0.39 is 18.0 Å². The minimum Gasteiger partial charge on any atom is -0.496 e. The van der Waals surface area contributed by atoms with E-state index in [1.807, 2.05) is 19.9 Å². The molecule has 0 bridgehead atoms. The van der Waals surface area contributed by atoms with Crippen LogP contribution in [-0.2, 0) is 36.8 Å². The molecule has 12 heteroatoms. The van der Waals surface area contributed by atoms with Crippen LogP contribution in [0.5, 0.6) is 11.5 Å². The SMILES string of the molecule is COC(=O)c1ccc(NC(=O)Oc2c(C/C=C(\C)CCC(=O)OCCN3CCOCC3)c(OC)c(C)c3c2C(=O)OC3)cc1. The van der Waals surface area contributed by atoms with E-state index in [-0.39, 0.29) is 36.7 Å². The van der Waals surface area contributed by atoms with E-state index in [0.29, 0.717) is 66.5 Å². The summed E-state index contributed by atoms with van der Waals surface area (Å²) >= 11 is 0. The Morgan fingerprint density at radius 1 is 1.05 bits per heavy atom. The number of nitrogens with one attached hydrogen (secondary N) is 1. The number of cyclic esters (lactones) is 1. The summed E-state index contributed by atoms with van der Waals surface area (Å²) in [7, 11) is 2.79. The van der Waals surface area contributed by atoms with Crippen molar-refractivity contribution in [1.82, 2.24) is 4.90 Å². The lowest BCUT2D eigenvalue weighted by Crippen LogP contribution is -2.38. The second-order valence-electron chi connectivity index (χ2n) is 10.4. The average Bonchev–Trinajstić information content (AvgIpc) is 3.42. The highest BCUT2D eigenvalue weighted by Gasteiger charge is 2.34. The van der Waals surface area contributed by atoms with Gasteiger partial charge in [-0.2, -0.15) is 0 Å². The normalized spacial score (nSPS) is 14.8. The Labute approximate surface area is 256 Å². The van der Waals surface area contributed by atoms with Gasteiger partial charge in [-0.3, -0.25) is 15.0 Å². The molecule has 12 nitrogen and oxygen atoms in total. The Morgan fingerprint density at radius 3 is 2.45 bits per heavy atom. The summed E-state index contributed by atoms with van der Waals surface area (Å²) in [6, 6.07) is 6.07. The van der Waals surface area contributed by atoms with Crippen LogP contribution >= 0.6 is 0 Å². The molecule has 0 aliphatic carbocycles. The highest BCUT2D eigenvalue weighted by molar-refractivity contribution is 6.00. The first-order chi connectivity index (χ1) is 21.2. The highest BCUT2D eigenvalue weighted by atomic mass is 16.6. The first kappa shape index (κ1) is 32.5. The van der Waals surface area contributed by atoms with Crippen molar-refractivity contribution in [3.05, 3.63) is 63.7 Å². The van der Waals surface area contributed by atoms with Crippen LogP contribution < -0.4 is 14.8 Å². The first-order valence-corrected chi connectivity index (χ1v) is 14.4. The standard InChI is InChI=1S/C32H38N2O10/c1-20(6-12-26(35)42-18-15-34-13-16-41-17-14-34)5-11-24-28(39-3)21(2)25-19-43-31(37)27(25)29(24)44-32(38)33-23-9-7-22(8-10-23)30(36)40-4/h5,7-10H,6,11-19H2,1-4H3,(H,33,38)/b20-5+. The van der Waals surface area contributed by atoms with E-state index in [1.165, 1.54) is 38.5 Å². The number of ether oxygens (including phenoxy) is 6. The van der Waals surface area contributed by atoms with Gasteiger partial charge in [0.15, 0.2) is 5.75 Å². The predicted molar refractivity (Wildman–Crippen MR) is 159 cm³/mol. The summed E-state index contributed by atoms with van der Waals surface area (Å²) in [5, 5.41) is 2.61. The quantitative estimate of drug-likeness (QED) is 0.210. The summed E-state index contributed by atoms with van der Waals surface area (Å²) in [5.41, 5.74) is 3.57. The van der Waals surface area contributed by atoms with Crippen molar-refractivity contribution in [2.75, 3.05) is 59.0 Å². The maximum atomic E-state index is 13.0. The van der Waals surface area contributed by atoms with E-state index in [9.17, 15) is 19.2 Å². The molecule has 2 aromatic carbocycles. The lowest BCUT2D eigenvalue weighted by atomic mass is 9.94. The maximum Gasteiger partial charge on any atom is 0.417 e. The van der Waals surface area contributed by atoms with Crippen LogP contribution in [0.25, 0.3) is 0 Å². The average molecular weight is 611 g/mol. The molecule has 2 aliphatic heterocycles. The van der Waals surface area contributed by atoms with Gasteiger partial charge in [-0.15, -0.1) is 0 Å². The van der Waals surface area contributed by atoms with Crippen molar-refractivity contribution >= 4 is 29.7 Å². The van der Waals surface area contributed by atoms with Gasteiger partial charge >= 0.3 is 24.0 Å². The molecule has 0 unspecified atom stereocenters. The minimum atomic E-state index is -0.842. The van der Waals surface area contributed by atoms with E-state index in [4.69, 9.17) is 28.4 Å². The molecule has 0 spiro atoms. The Kier molecular flexibility index (Phi) is 11.3. The number of anilines is 1. The number of esters is 3. The van der Waals surface area contributed by atoms with Gasteiger partial charge in [0.1, 0.15) is 24.5 Å². The van der Waals surface area contributed by atoms with Gasteiger partial charge in [-0.25, -0.2) is 14.4 Å². The zero-order valence-corrected chi connectivity index (χ0v) is 25.5. The second-order valence-corrected chi connectivity index (χ2v) is 10.4. The summed E-state index contributed by atoms with van der Waals surface area (Å²) in [5.74, 6) is -0.870. The van der Waals surface area contributed by atoms with Gasteiger partial charge in [0, 0.05) is 42.9 Å². The number of allylic oxidation sites excluding steroid dienone is 2. The minimum absolute atomic E-state index is 0.0339. The monoisotopic (exact) mass is 610 g/mol. The van der Waals surface area contributed by atoms with Crippen molar-refractivity contribution in [3.63, 3.8) is 0 Å². The van der Waals surface area contributed by atoms with Crippen molar-refractivity contribution in [2.24, 2.45) is 0 Å². The third kappa shape index (κ3) is 8.14. The number of carbonyl (C=O) groups is 4. The second kappa shape index (κ2) is 15.3. The Balaban J connectivity index is 1.45. The number of carbonyl (C=O) groups excluding carboxylic acids is 4. The fourth-order valence-corrected chi connectivity index (χ4v) is 5.03. The molecular weight excluding hydrogens is 572 g/mol. The molecule has 1 amide bonds. The zero-order chi connectivity index (χ0) is 31.6. The lowest BCUT2D eigenvalue weighted by Gasteiger charge is -2.26. The van der Waals surface area contributed by atoms with Crippen molar-refractivity contribution in [1.29, 1.82) is 0 Å².